The minimum atomic E-state index is -1.04. The van der Waals surface area contributed by atoms with Gasteiger partial charge in [0.1, 0.15) is 12.2 Å². The fraction of sp³-hybridized carbons (Fsp3) is 0.600. The van der Waals surface area contributed by atoms with E-state index in [-0.39, 0.29) is 65.0 Å². The Morgan fingerprint density at radius 2 is 2.00 bits per heavy atom. The number of hydrogen-bond donors (Lipinski definition) is 1. The van der Waals surface area contributed by atoms with Crippen LogP contribution in [0, 0.1) is 0 Å². The third-order valence-corrected chi connectivity index (χ3v) is 0.743. The number of carbonyl (C=O) groups is 2. The number of carboxylic acids is 1. The van der Waals surface area contributed by atoms with Crippen LogP contribution >= 0.6 is 0 Å². The minimum Gasteiger partial charge on any atom is -1.00 e. The number of carboxylic acid groups (broad SMARTS) is 1. The van der Waals surface area contributed by atoms with E-state index < -0.39 is 5.97 Å². The third kappa shape index (κ3) is 8.78. The fourth-order valence-electron chi connectivity index (χ4n) is 0.294. The molecule has 0 aromatic rings. The molecule has 4 heteroatoms. The second kappa shape index (κ2) is 6.89. The van der Waals surface area contributed by atoms with Crippen LogP contribution in [0.3, 0.4) is 0 Å². The summed E-state index contributed by atoms with van der Waals surface area (Å²) >= 11 is 0. The SMILES string of the molecule is CCC(=O)CC(=O)O.[H-].[K+]. The quantitative estimate of drug-likeness (QED) is 0.365. The van der Waals surface area contributed by atoms with Gasteiger partial charge in [-0.15, -0.1) is 0 Å². The van der Waals surface area contributed by atoms with Crippen LogP contribution in [-0.4, -0.2) is 16.9 Å². The zero-order chi connectivity index (χ0) is 6.57. The van der Waals surface area contributed by atoms with Crippen LogP contribution in [-0.2, 0) is 9.59 Å². The summed E-state index contributed by atoms with van der Waals surface area (Å²) in [5, 5.41) is 7.99. The van der Waals surface area contributed by atoms with Crippen LogP contribution < -0.4 is 51.4 Å². The van der Waals surface area contributed by atoms with Crippen molar-refractivity contribution in [1.29, 1.82) is 0 Å². The first-order chi connectivity index (χ1) is 3.66. The van der Waals surface area contributed by atoms with E-state index in [0.717, 1.165) is 0 Å². The molecule has 0 fully saturated rings. The second-order valence-corrected chi connectivity index (χ2v) is 1.46. The average Bonchev–Trinajstić information content (AvgIpc) is 1.65. The largest absolute Gasteiger partial charge is 1.00 e. The molecule has 0 radical (unpaired) electrons. The second-order valence-electron chi connectivity index (χ2n) is 1.46. The molecule has 9 heavy (non-hydrogen) atoms. The van der Waals surface area contributed by atoms with Crippen molar-refractivity contribution in [1.82, 2.24) is 0 Å². The number of ketones is 1. The number of aliphatic carboxylic acids is 1. The Kier molecular flexibility index (Phi) is 9.53. The van der Waals surface area contributed by atoms with Gasteiger partial charge < -0.3 is 6.53 Å². The van der Waals surface area contributed by atoms with E-state index in [1.807, 2.05) is 0 Å². The maximum absolute atomic E-state index is 10.2. The number of carbonyl (C=O) groups excluding carboxylic acids is 1. The van der Waals surface area contributed by atoms with Gasteiger partial charge in [0.25, 0.3) is 0 Å². The van der Waals surface area contributed by atoms with Crippen LogP contribution in [0.5, 0.6) is 0 Å². The van der Waals surface area contributed by atoms with Crippen molar-refractivity contribution in [3.05, 3.63) is 0 Å². The molecular weight excluding hydrogens is 147 g/mol. The summed E-state index contributed by atoms with van der Waals surface area (Å²) in [6.45, 7) is 1.64. The van der Waals surface area contributed by atoms with Crippen molar-refractivity contribution in [2.45, 2.75) is 19.8 Å². The first-order valence-corrected chi connectivity index (χ1v) is 2.40. The van der Waals surface area contributed by atoms with Gasteiger partial charge in [-0.2, -0.15) is 0 Å². The van der Waals surface area contributed by atoms with Gasteiger partial charge in [-0.1, -0.05) is 6.92 Å². The van der Waals surface area contributed by atoms with Gasteiger partial charge in [0.2, 0.25) is 0 Å². The van der Waals surface area contributed by atoms with Gasteiger partial charge in [0, 0.05) is 6.42 Å². The molecule has 1 N–H and O–H groups in total. The van der Waals surface area contributed by atoms with E-state index in [4.69, 9.17) is 5.11 Å². The molecule has 0 rings (SSSR count). The maximum Gasteiger partial charge on any atom is 1.00 e. The van der Waals surface area contributed by atoms with Crippen molar-refractivity contribution >= 4 is 11.8 Å². The molecule has 0 bridgehead atoms. The third-order valence-electron chi connectivity index (χ3n) is 0.743. The van der Waals surface area contributed by atoms with Crippen molar-refractivity contribution in [3.63, 3.8) is 0 Å². The predicted molar refractivity (Wildman–Crippen MR) is 28.7 cm³/mol. The summed E-state index contributed by atoms with van der Waals surface area (Å²) in [7, 11) is 0. The summed E-state index contributed by atoms with van der Waals surface area (Å²) in [5.74, 6) is -1.27. The monoisotopic (exact) mass is 156 g/mol. The Hall–Kier alpha value is 0.776. The normalized spacial score (nSPS) is 7.67. The van der Waals surface area contributed by atoms with Crippen molar-refractivity contribution in [2.24, 2.45) is 0 Å². The number of hydrogen-bond acceptors (Lipinski definition) is 2. The summed E-state index contributed by atoms with van der Waals surface area (Å²) in [5.41, 5.74) is 0. The van der Waals surface area contributed by atoms with Gasteiger partial charge in [-0.25, -0.2) is 0 Å². The van der Waals surface area contributed by atoms with E-state index in [1.165, 1.54) is 0 Å². The van der Waals surface area contributed by atoms with E-state index in [1.54, 1.807) is 6.92 Å². The molecular formula is C5H9KO3. The molecule has 3 nitrogen and oxygen atoms in total. The molecule has 48 valence electrons. The topological polar surface area (TPSA) is 54.4 Å². The summed E-state index contributed by atoms with van der Waals surface area (Å²) in [6, 6.07) is 0. The van der Waals surface area contributed by atoms with Crippen LogP contribution in [0.4, 0.5) is 0 Å². The standard InChI is InChI=1S/C5H8O3.K.H/c1-2-4(6)3-5(7)8;;/h2-3H2,1H3,(H,7,8);;/q;+1;-1. The summed E-state index contributed by atoms with van der Waals surface area (Å²) < 4.78 is 0. The Labute approximate surface area is 97.7 Å². The molecule has 0 heterocycles. The number of Topliss-reactive ketones (excluding diaryl/α,β-unsaturated/α-hetero) is 1. The molecule has 0 aliphatic carbocycles. The Bertz CT molecular complexity index is 115. The van der Waals surface area contributed by atoms with E-state index >= 15 is 0 Å². The van der Waals surface area contributed by atoms with E-state index in [0.29, 0.717) is 6.42 Å². The summed E-state index contributed by atoms with van der Waals surface area (Å²) in [6.07, 6.45) is -0.0250. The first-order valence-electron chi connectivity index (χ1n) is 2.40. The Morgan fingerprint density at radius 1 is 1.56 bits per heavy atom. The van der Waals surface area contributed by atoms with Gasteiger partial charge in [0.15, 0.2) is 0 Å². The first kappa shape index (κ1) is 12.5. The van der Waals surface area contributed by atoms with Crippen molar-refractivity contribution in [3.8, 4) is 0 Å². The van der Waals surface area contributed by atoms with Crippen LogP contribution in [0.15, 0.2) is 0 Å². The van der Waals surface area contributed by atoms with Crippen molar-refractivity contribution < 1.29 is 67.5 Å². The van der Waals surface area contributed by atoms with Gasteiger partial charge in [0.05, 0.1) is 0 Å². The zero-order valence-corrected chi connectivity index (χ0v) is 8.80. The number of rotatable bonds is 3. The maximum atomic E-state index is 10.2. The smallest absolute Gasteiger partial charge is 1.00 e. The van der Waals surface area contributed by atoms with Gasteiger partial charge in [-0.05, 0) is 0 Å². The van der Waals surface area contributed by atoms with Crippen LogP contribution in [0.1, 0.15) is 21.2 Å². The van der Waals surface area contributed by atoms with Crippen LogP contribution in [0.25, 0.3) is 0 Å². The van der Waals surface area contributed by atoms with E-state index in [9.17, 15) is 9.59 Å². The molecule has 0 saturated carbocycles. The minimum absolute atomic E-state index is 0. The molecule has 0 amide bonds. The molecule has 0 spiro atoms. The fourth-order valence-corrected chi connectivity index (χ4v) is 0.294. The molecule has 0 aliphatic rings. The molecule has 0 saturated heterocycles. The Morgan fingerprint density at radius 3 is 2.11 bits per heavy atom. The predicted octanol–water partition coefficient (Wildman–Crippen LogP) is -2.44. The molecule has 0 unspecified atom stereocenters. The van der Waals surface area contributed by atoms with Gasteiger partial charge >= 0.3 is 57.4 Å². The average molecular weight is 156 g/mol. The van der Waals surface area contributed by atoms with Crippen molar-refractivity contribution in [2.75, 3.05) is 0 Å². The molecule has 0 aromatic heterocycles. The molecule has 0 atom stereocenters. The molecule has 0 aromatic carbocycles. The van der Waals surface area contributed by atoms with E-state index in [2.05, 4.69) is 0 Å². The van der Waals surface area contributed by atoms with Gasteiger partial charge in [-0.3, -0.25) is 9.59 Å². The Balaban J connectivity index is -0.000000245. The zero-order valence-electron chi connectivity index (χ0n) is 6.68. The summed E-state index contributed by atoms with van der Waals surface area (Å²) in [4.78, 5) is 20.0. The molecule has 0 aliphatic heterocycles. The van der Waals surface area contributed by atoms with Crippen LogP contribution in [0.2, 0.25) is 0 Å².